The van der Waals surface area contributed by atoms with Gasteiger partial charge in [0.25, 0.3) is 0 Å². The molecule has 1 radical (unpaired) electrons. The maximum absolute atomic E-state index is 9.99. The zero-order valence-corrected chi connectivity index (χ0v) is 5.82. The average Bonchev–Trinajstić information content (AvgIpc) is 1.67. The lowest BCUT2D eigenvalue weighted by Gasteiger charge is -2.21. The molecule has 0 amide bonds. The Hall–Kier alpha value is -0.0800. The highest BCUT2D eigenvalue weighted by Crippen LogP contribution is 2.04. The summed E-state index contributed by atoms with van der Waals surface area (Å²) < 4.78 is 0. The lowest BCUT2D eigenvalue weighted by Crippen LogP contribution is -2.38. The van der Waals surface area contributed by atoms with E-state index in [0.29, 0.717) is 0 Å². The van der Waals surface area contributed by atoms with Crippen LogP contribution in [0.4, 0.5) is 0 Å². The zero-order valence-electron chi connectivity index (χ0n) is 5.82. The highest BCUT2D eigenvalue weighted by atomic mass is 16.3. The molecule has 0 aliphatic heterocycles. The fourth-order valence-corrected chi connectivity index (χ4v) is 0.320. The SMILES string of the molecule is CCC(C)(C)NC[O]. The summed E-state index contributed by atoms with van der Waals surface area (Å²) in [6.45, 7) is 5.92. The molecule has 0 aromatic heterocycles. The van der Waals surface area contributed by atoms with Crippen molar-refractivity contribution in [3.05, 3.63) is 0 Å². The van der Waals surface area contributed by atoms with Gasteiger partial charge in [-0.3, -0.25) is 5.32 Å². The third kappa shape index (κ3) is 2.99. The predicted octanol–water partition coefficient (Wildman–Crippen LogP) is 1.15. The van der Waals surface area contributed by atoms with E-state index in [2.05, 4.69) is 12.2 Å². The Morgan fingerprint density at radius 1 is 1.50 bits per heavy atom. The van der Waals surface area contributed by atoms with Crippen LogP contribution in [-0.4, -0.2) is 12.3 Å². The molecule has 2 nitrogen and oxygen atoms in total. The smallest absolute Gasteiger partial charge is 0.133 e. The van der Waals surface area contributed by atoms with Gasteiger partial charge in [0.05, 0.1) is 0 Å². The lowest BCUT2D eigenvalue weighted by molar-refractivity contribution is 0.134. The van der Waals surface area contributed by atoms with Crippen LogP contribution in [-0.2, 0) is 5.11 Å². The Bertz CT molecular complexity index is 61.5. The maximum Gasteiger partial charge on any atom is 0.133 e. The van der Waals surface area contributed by atoms with E-state index >= 15 is 0 Å². The van der Waals surface area contributed by atoms with E-state index in [4.69, 9.17) is 0 Å². The minimum absolute atomic E-state index is 0.0295. The maximum atomic E-state index is 9.99. The summed E-state index contributed by atoms with van der Waals surface area (Å²) in [5, 5.41) is 12.8. The van der Waals surface area contributed by atoms with Gasteiger partial charge in [-0.1, -0.05) is 6.92 Å². The minimum Gasteiger partial charge on any atom is -0.287 e. The number of rotatable bonds is 3. The first kappa shape index (κ1) is 7.92. The van der Waals surface area contributed by atoms with E-state index in [1.54, 1.807) is 0 Å². The van der Waals surface area contributed by atoms with Gasteiger partial charge < -0.3 is 0 Å². The first-order valence-electron chi connectivity index (χ1n) is 2.95. The monoisotopic (exact) mass is 116 g/mol. The Morgan fingerprint density at radius 3 is 2.12 bits per heavy atom. The van der Waals surface area contributed by atoms with Crippen LogP contribution in [0.15, 0.2) is 0 Å². The first-order chi connectivity index (χ1) is 3.62. The normalized spacial score (nSPS) is 12.0. The van der Waals surface area contributed by atoms with Crippen molar-refractivity contribution in [2.24, 2.45) is 0 Å². The van der Waals surface area contributed by atoms with Crippen molar-refractivity contribution in [1.82, 2.24) is 5.32 Å². The highest BCUT2D eigenvalue weighted by Gasteiger charge is 2.11. The molecule has 0 aliphatic carbocycles. The molecule has 1 N–H and O–H groups in total. The summed E-state index contributed by atoms with van der Waals surface area (Å²) in [7, 11) is 0. The zero-order chi connectivity index (χ0) is 6.62. The van der Waals surface area contributed by atoms with Gasteiger partial charge in [0.2, 0.25) is 0 Å². The molecule has 0 aliphatic rings. The van der Waals surface area contributed by atoms with Crippen LogP contribution >= 0.6 is 0 Å². The molecule has 0 bridgehead atoms. The fourth-order valence-electron chi connectivity index (χ4n) is 0.320. The lowest BCUT2D eigenvalue weighted by atomic mass is 10.0. The van der Waals surface area contributed by atoms with Crippen molar-refractivity contribution in [3.63, 3.8) is 0 Å². The van der Waals surface area contributed by atoms with Crippen LogP contribution in [0.25, 0.3) is 0 Å². The Balaban J connectivity index is 3.37. The van der Waals surface area contributed by atoms with Gasteiger partial charge in [-0.2, -0.15) is 0 Å². The van der Waals surface area contributed by atoms with Gasteiger partial charge in [0.15, 0.2) is 0 Å². The molecule has 0 fully saturated rings. The minimum atomic E-state index is -0.180. The fraction of sp³-hybridized carbons (Fsp3) is 1.00. The molecule has 0 atom stereocenters. The Kier molecular flexibility index (Phi) is 3.02. The molecule has 0 unspecified atom stereocenters. The molecule has 0 heterocycles. The summed E-state index contributed by atoms with van der Waals surface area (Å²) in [5.41, 5.74) is 0.0295. The van der Waals surface area contributed by atoms with Crippen molar-refractivity contribution in [2.75, 3.05) is 6.73 Å². The molecule has 49 valence electrons. The van der Waals surface area contributed by atoms with Gasteiger partial charge in [-0.15, -0.1) is 0 Å². The third-order valence-electron chi connectivity index (χ3n) is 1.43. The molecular weight excluding hydrogens is 102 g/mol. The first-order valence-corrected chi connectivity index (χ1v) is 2.95. The molecule has 2 heteroatoms. The largest absolute Gasteiger partial charge is 0.287 e. The number of hydrogen-bond donors (Lipinski definition) is 1. The number of nitrogens with one attached hydrogen (secondary N) is 1. The van der Waals surface area contributed by atoms with Gasteiger partial charge in [-0.25, -0.2) is 5.11 Å². The molecule has 0 aromatic carbocycles. The average molecular weight is 116 g/mol. The highest BCUT2D eigenvalue weighted by molar-refractivity contribution is 4.72. The van der Waals surface area contributed by atoms with E-state index < -0.39 is 0 Å². The summed E-state index contributed by atoms with van der Waals surface area (Å²) >= 11 is 0. The van der Waals surface area contributed by atoms with Crippen LogP contribution in [0.1, 0.15) is 27.2 Å². The van der Waals surface area contributed by atoms with Gasteiger partial charge in [0, 0.05) is 5.54 Å². The van der Waals surface area contributed by atoms with Crippen molar-refractivity contribution >= 4 is 0 Å². The van der Waals surface area contributed by atoms with E-state index in [9.17, 15) is 5.11 Å². The van der Waals surface area contributed by atoms with Gasteiger partial charge in [0.1, 0.15) is 6.73 Å². The second kappa shape index (κ2) is 3.05. The van der Waals surface area contributed by atoms with Crippen LogP contribution in [0, 0.1) is 0 Å². The van der Waals surface area contributed by atoms with Crippen LogP contribution in [0.5, 0.6) is 0 Å². The van der Waals surface area contributed by atoms with E-state index in [1.165, 1.54) is 0 Å². The van der Waals surface area contributed by atoms with Crippen LogP contribution in [0.3, 0.4) is 0 Å². The topological polar surface area (TPSA) is 31.9 Å². The molecule has 0 spiro atoms. The molecule has 0 saturated carbocycles. The van der Waals surface area contributed by atoms with E-state index in [0.717, 1.165) is 6.42 Å². The molecule has 0 saturated heterocycles. The van der Waals surface area contributed by atoms with Crippen LogP contribution in [0.2, 0.25) is 0 Å². The van der Waals surface area contributed by atoms with Crippen molar-refractivity contribution in [2.45, 2.75) is 32.7 Å². The van der Waals surface area contributed by atoms with Gasteiger partial charge in [-0.05, 0) is 20.3 Å². The number of hydrogen-bond acceptors (Lipinski definition) is 1. The second-order valence-corrected chi connectivity index (χ2v) is 2.56. The summed E-state index contributed by atoms with van der Waals surface area (Å²) in [6, 6.07) is 0. The summed E-state index contributed by atoms with van der Waals surface area (Å²) in [4.78, 5) is 0. The standard InChI is InChI=1S/C6H14NO/c1-4-6(2,3)7-5-8/h7H,4-5H2,1-3H3. The van der Waals surface area contributed by atoms with E-state index in [-0.39, 0.29) is 12.3 Å². The van der Waals surface area contributed by atoms with Crippen molar-refractivity contribution in [1.29, 1.82) is 0 Å². The molecule has 0 rings (SSSR count). The van der Waals surface area contributed by atoms with Gasteiger partial charge >= 0.3 is 0 Å². The van der Waals surface area contributed by atoms with Crippen molar-refractivity contribution < 1.29 is 5.11 Å². The van der Waals surface area contributed by atoms with Crippen molar-refractivity contribution in [3.8, 4) is 0 Å². The second-order valence-electron chi connectivity index (χ2n) is 2.56. The van der Waals surface area contributed by atoms with Crippen LogP contribution < -0.4 is 5.32 Å². The quantitative estimate of drug-likeness (QED) is 0.551. The molecule has 8 heavy (non-hydrogen) atoms. The van der Waals surface area contributed by atoms with E-state index in [1.807, 2.05) is 13.8 Å². The Labute approximate surface area is 50.9 Å². The third-order valence-corrected chi connectivity index (χ3v) is 1.43. The summed E-state index contributed by atoms with van der Waals surface area (Å²) in [6.07, 6.45) is 0.995. The molecule has 0 aromatic rings. The predicted molar refractivity (Wildman–Crippen MR) is 33.1 cm³/mol. The summed E-state index contributed by atoms with van der Waals surface area (Å²) in [5.74, 6) is 0. The molecular formula is C6H14NO. The Morgan fingerprint density at radius 2 is 2.00 bits per heavy atom.